The summed E-state index contributed by atoms with van der Waals surface area (Å²) in [5.41, 5.74) is 5.71. The Morgan fingerprint density at radius 3 is 2.73 bits per heavy atom. The van der Waals surface area contributed by atoms with Crippen molar-refractivity contribution in [1.29, 1.82) is 0 Å². The van der Waals surface area contributed by atoms with E-state index in [1.807, 2.05) is 0 Å². The minimum Gasteiger partial charge on any atom is -0.387 e. The van der Waals surface area contributed by atoms with Crippen molar-refractivity contribution in [2.75, 3.05) is 5.73 Å². The Morgan fingerprint density at radius 2 is 2.27 bits per heavy atom. The molecule has 1 rings (SSSR count). The van der Waals surface area contributed by atoms with Crippen LogP contribution in [0, 0.1) is 0 Å². The lowest BCUT2D eigenvalue weighted by atomic mass is 10.3. The van der Waals surface area contributed by atoms with Crippen molar-refractivity contribution >= 4 is 17.5 Å². The summed E-state index contributed by atoms with van der Waals surface area (Å²) in [7, 11) is 0. The molecule has 4 nitrogen and oxygen atoms in total. The van der Waals surface area contributed by atoms with E-state index in [-0.39, 0.29) is 11.1 Å². The van der Waals surface area contributed by atoms with E-state index in [1.54, 1.807) is 6.92 Å². The molecule has 0 aromatic carbocycles. The fourth-order valence-electron chi connectivity index (χ4n) is 0.667. The highest BCUT2D eigenvalue weighted by molar-refractivity contribution is 6.29. The van der Waals surface area contributed by atoms with Crippen LogP contribution in [0.4, 0.5) is 5.95 Å². The van der Waals surface area contributed by atoms with E-state index in [1.165, 1.54) is 6.07 Å². The summed E-state index contributed by atoms with van der Waals surface area (Å²) in [5.74, 6) is 0.0772. The molecule has 0 bridgehead atoms. The minimum atomic E-state index is -0.669. The Hall–Kier alpha value is -0.870. The van der Waals surface area contributed by atoms with Gasteiger partial charge >= 0.3 is 0 Å². The van der Waals surface area contributed by atoms with Crippen LogP contribution >= 0.6 is 11.6 Å². The number of aliphatic hydroxyl groups is 1. The molecule has 0 aliphatic heterocycles. The lowest BCUT2D eigenvalue weighted by Crippen LogP contribution is -2.01. The van der Waals surface area contributed by atoms with E-state index < -0.39 is 6.10 Å². The average Bonchev–Trinajstić information content (AvgIpc) is 1.85. The summed E-state index contributed by atoms with van der Waals surface area (Å²) < 4.78 is 0. The van der Waals surface area contributed by atoms with Crippen molar-refractivity contribution in [3.8, 4) is 0 Å². The van der Waals surface area contributed by atoms with Crippen LogP contribution in [0.1, 0.15) is 18.7 Å². The summed E-state index contributed by atoms with van der Waals surface area (Å²) in [6, 6.07) is 1.47. The van der Waals surface area contributed by atoms with Crippen LogP contribution in [0.5, 0.6) is 0 Å². The predicted molar refractivity (Wildman–Crippen MR) is 42.1 cm³/mol. The van der Waals surface area contributed by atoms with Crippen LogP contribution in [-0.4, -0.2) is 15.1 Å². The molecule has 5 heteroatoms. The van der Waals surface area contributed by atoms with Crippen LogP contribution in [0.3, 0.4) is 0 Å². The predicted octanol–water partition coefficient (Wildman–Crippen LogP) is 0.766. The number of nitrogen functional groups attached to an aromatic ring is 1. The molecule has 0 fully saturated rings. The van der Waals surface area contributed by atoms with Gasteiger partial charge in [0.25, 0.3) is 0 Å². The van der Waals surface area contributed by atoms with Crippen molar-refractivity contribution in [1.82, 2.24) is 9.97 Å². The summed E-state index contributed by atoms with van der Waals surface area (Å²) >= 11 is 5.55. The first-order valence-electron chi connectivity index (χ1n) is 3.07. The Balaban J connectivity index is 3.08. The zero-order chi connectivity index (χ0) is 8.43. The minimum absolute atomic E-state index is 0.0772. The van der Waals surface area contributed by atoms with Gasteiger partial charge in [-0.1, -0.05) is 11.6 Å². The number of aromatic nitrogens is 2. The van der Waals surface area contributed by atoms with Gasteiger partial charge in [0.1, 0.15) is 5.15 Å². The van der Waals surface area contributed by atoms with Gasteiger partial charge in [-0.2, -0.15) is 0 Å². The van der Waals surface area contributed by atoms with E-state index >= 15 is 0 Å². The van der Waals surface area contributed by atoms with Crippen LogP contribution in [0.25, 0.3) is 0 Å². The lowest BCUT2D eigenvalue weighted by molar-refractivity contribution is 0.194. The molecular weight excluding hydrogens is 166 g/mol. The molecule has 1 unspecified atom stereocenters. The van der Waals surface area contributed by atoms with Gasteiger partial charge < -0.3 is 10.8 Å². The number of rotatable bonds is 1. The number of aliphatic hydroxyl groups excluding tert-OH is 1. The quantitative estimate of drug-likeness (QED) is 0.616. The van der Waals surface area contributed by atoms with Crippen molar-refractivity contribution < 1.29 is 5.11 Å². The molecule has 1 aromatic heterocycles. The van der Waals surface area contributed by atoms with Gasteiger partial charge in [0.05, 0.1) is 11.8 Å². The van der Waals surface area contributed by atoms with Crippen LogP contribution in [0.2, 0.25) is 5.15 Å². The third-order valence-electron chi connectivity index (χ3n) is 1.16. The smallest absolute Gasteiger partial charge is 0.221 e. The second kappa shape index (κ2) is 3.02. The first kappa shape index (κ1) is 8.23. The standard InChI is InChI=1S/C6H8ClN3O/c1-3(11)4-2-5(7)10-6(8)9-4/h2-3,11H,1H3,(H2,8,9,10). The number of anilines is 1. The molecule has 1 aromatic rings. The molecule has 0 amide bonds. The topological polar surface area (TPSA) is 72.0 Å². The van der Waals surface area contributed by atoms with Gasteiger partial charge in [-0.25, -0.2) is 9.97 Å². The van der Waals surface area contributed by atoms with Crippen molar-refractivity contribution in [2.45, 2.75) is 13.0 Å². The first-order chi connectivity index (χ1) is 5.09. The number of hydrogen-bond donors (Lipinski definition) is 2. The van der Waals surface area contributed by atoms with Gasteiger partial charge in [0.2, 0.25) is 5.95 Å². The molecule has 0 saturated heterocycles. The SMILES string of the molecule is CC(O)c1cc(Cl)nc(N)n1. The molecule has 1 heterocycles. The molecule has 0 radical (unpaired) electrons. The molecule has 0 aliphatic carbocycles. The number of nitrogens with zero attached hydrogens (tertiary/aromatic N) is 2. The monoisotopic (exact) mass is 173 g/mol. The summed E-state index contributed by atoms with van der Waals surface area (Å²) in [6.45, 7) is 1.58. The van der Waals surface area contributed by atoms with Gasteiger partial charge in [-0.05, 0) is 13.0 Å². The molecular formula is C6H8ClN3O. The number of nitrogens with two attached hydrogens (primary N) is 1. The van der Waals surface area contributed by atoms with Gasteiger partial charge in [-0.3, -0.25) is 0 Å². The zero-order valence-corrected chi connectivity index (χ0v) is 6.71. The highest BCUT2D eigenvalue weighted by Crippen LogP contribution is 2.14. The average molecular weight is 174 g/mol. The van der Waals surface area contributed by atoms with Gasteiger partial charge in [0, 0.05) is 0 Å². The van der Waals surface area contributed by atoms with E-state index in [0.29, 0.717) is 5.69 Å². The molecule has 60 valence electrons. The van der Waals surface area contributed by atoms with Crippen molar-refractivity contribution in [3.05, 3.63) is 16.9 Å². The third-order valence-corrected chi connectivity index (χ3v) is 1.35. The fourth-order valence-corrected chi connectivity index (χ4v) is 0.866. The summed E-state index contributed by atoms with van der Waals surface area (Å²) in [4.78, 5) is 7.40. The number of halogens is 1. The maximum atomic E-state index is 9.07. The molecule has 3 N–H and O–H groups in total. The molecule has 0 aliphatic rings. The summed E-state index contributed by atoms with van der Waals surface area (Å²) in [5, 5.41) is 9.31. The molecule has 0 saturated carbocycles. The zero-order valence-electron chi connectivity index (χ0n) is 5.95. The first-order valence-corrected chi connectivity index (χ1v) is 3.45. The highest BCUT2D eigenvalue weighted by atomic mass is 35.5. The van der Waals surface area contributed by atoms with Crippen molar-refractivity contribution in [2.24, 2.45) is 0 Å². The Labute approximate surface area is 69.0 Å². The van der Waals surface area contributed by atoms with Crippen molar-refractivity contribution in [3.63, 3.8) is 0 Å². The molecule has 1 atom stereocenters. The van der Waals surface area contributed by atoms with E-state index in [2.05, 4.69) is 9.97 Å². The maximum absolute atomic E-state index is 9.07. The van der Waals surface area contributed by atoms with Gasteiger partial charge in [-0.15, -0.1) is 0 Å². The maximum Gasteiger partial charge on any atom is 0.221 e. The largest absolute Gasteiger partial charge is 0.387 e. The highest BCUT2D eigenvalue weighted by Gasteiger charge is 2.04. The lowest BCUT2D eigenvalue weighted by Gasteiger charge is -2.03. The van der Waals surface area contributed by atoms with Crippen LogP contribution < -0.4 is 5.73 Å². The Morgan fingerprint density at radius 1 is 1.64 bits per heavy atom. The Kier molecular flexibility index (Phi) is 2.26. The number of hydrogen-bond acceptors (Lipinski definition) is 4. The van der Waals surface area contributed by atoms with Gasteiger partial charge in [0.15, 0.2) is 0 Å². The second-order valence-corrected chi connectivity index (χ2v) is 2.54. The fraction of sp³-hybridized carbons (Fsp3) is 0.333. The summed E-state index contributed by atoms with van der Waals surface area (Å²) in [6.07, 6.45) is -0.669. The van der Waals surface area contributed by atoms with E-state index in [4.69, 9.17) is 22.4 Å². The second-order valence-electron chi connectivity index (χ2n) is 2.15. The molecule has 0 spiro atoms. The van der Waals surface area contributed by atoms with E-state index in [0.717, 1.165) is 0 Å². The van der Waals surface area contributed by atoms with Crippen LogP contribution in [0.15, 0.2) is 6.07 Å². The third kappa shape index (κ3) is 2.03. The normalized spacial score (nSPS) is 13.0. The van der Waals surface area contributed by atoms with Crippen LogP contribution in [-0.2, 0) is 0 Å². The Bertz CT molecular complexity index is 244. The van der Waals surface area contributed by atoms with E-state index in [9.17, 15) is 0 Å². The molecule has 11 heavy (non-hydrogen) atoms.